The number of carbonyl (C=O) groups is 3. The van der Waals surface area contributed by atoms with E-state index in [1.807, 2.05) is 18.2 Å². The first-order valence-electron chi connectivity index (χ1n) is 10.9. The smallest absolute Gasteiger partial charge is 0.244 e. The molecule has 4 aliphatic heterocycles. The van der Waals surface area contributed by atoms with Gasteiger partial charge in [0, 0.05) is 24.5 Å². The Bertz CT molecular complexity index is 1080. The standard InChI is InChI=1S/C24H22N2O5/c27-22(14-5-2-1-3-6-14)21-20-19(16-7-4-10-25(16)21)23(28)26(24(20)29)15-8-9-17-18(13-15)31-12-11-30-17/h1-3,5-6,8-9,13,16,19-21H,4,7,10-12H2/p+1/t16-,19-,20+,21+/m1/s1. The number of quaternary nitrogens is 1. The van der Waals surface area contributed by atoms with Crippen molar-refractivity contribution < 1.29 is 28.8 Å². The highest BCUT2D eigenvalue weighted by Crippen LogP contribution is 2.42. The molecular formula is C24H23N2O5+. The molecule has 31 heavy (non-hydrogen) atoms. The third-order valence-corrected chi connectivity index (χ3v) is 7.17. The predicted molar refractivity (Wildman–Crippen MR) is 110 cm³/mol. The maximum absolute atomic E-state index is 13.6. The summed E-state index contributed by atoms with van der Waals surface area (Å²) in [4.78, 5) is 43.0. The Balaban J connectivity index is 1.39. The van der Waals surface area contributed by atoms with Gasteiger partial charge in [-0.05, 0) is 12.1 Å². The maximum Gasteiger partial charge on any atom is 0.244 e. The number of nitrogens with zero attached hydrogens (tertiary/aromatic N) is 1. The van der Waals surface area contributed by atoms with E-state index in [4.69, 9.17) is 9.47 Å². The molecule has 0 spiro atoms. The van der Waals surface area contributed by atoms with E-state index >= 15 is 0 Å². The van der Waals surface area contributed by atoms with Crippen LogP contribution < -0.4 is 19.3 Å². The number of ether oxygens (including phenoxy) is 2. The second-order valence-corrected chi connectivity index (χ2v) is 8.67. The number of imide groups is 1. The highest BCUT2D eigenvalue weighted by Gasteiger charge is 2.68. The van der Waals surface area contributed by atoms with E-state index in [1.165, 1.54) is 4.90 Å². The van der Waals surface area contributed by atoms with Crippen LogP contribution >= 0.6 is 0 Å². The molecule has 0 aromatic heterocycles. The number of amides is 2. The van der Waals surface area contributed by atoms with Crippen LogP contribution in [0.4, 0.5) is 5.69 Å². The van der Waals surface area contributed by atoms with Gasteiger partial charge in [0.25, 0.3) is 0 Å². The Labute approximate surface area is 179 Å². The molecule has 4 heterocycles. The van der Waals surface area contributed by atoms with E-state index in [9.17, 15) is 14.4 Å². The van der Waals surface area contributed by atoms with Crippen molar-refractivity contribution in [1.29, 1.82) is 0 Å². The number of nitrogens with one attached hydrogen (secondary N) is 1. The van der Waals surface area contributed by atoms with Crippen LogP contribution in [0, 0.1) is 11.8 Å². The minimum absolute atomic E-state index is 0.0151. The molecule has 2 amide bonds. The zero-order valence-electron chi connectivity index (χ0n) is 17.0. The molecule has 6 rings (SSSR count). The Morgan fingerprint density at radius 3 is 2.48 bits per heavy atom. The van der Waals surface area contributed by atoms with Gasteiger partial charge in [-0.1, -0.05) is 30.3 Å². The van der Waals surface area contributed by atoms with Crippen molar-refractivity contribution in [2.75, 3.05) is 24.7 Å². The molecule has 7 nitrogen and oxygen atoms in total. The number of ketones is 1. The fourth-order valence-corrected chi connectivity index (χ4v) is 5.95. The first-order valence-corrected chi connectivity index (χ1v) is 10.9. The van der Waals surface area contributed by atoms with Gasteiger partial charge in [0.05, 0.1) is 12.2 Å². The Morgan fingerprint density at radius 2 is 1.68 bits per heavy atom. The van der Waals surface area contributed by atoms with Gasteiger partial charge in [0.2, 0.25) is 17.6 Å². The lowest BCUT2D eigenvalue weighted by Crippen LogP contribution is -3.16. The monoisotopic (exact) mass is 419 g/mol. The van der Waals surface area contributed by atoms with Crippen LogP contribution in [0.5, 0.6) is 11.5 Å². The van der Waals surface area contributed by atoms with Gasteiger partial charge in [-0.3, -0.25) is 14.4 Å². The lowest BCUT2D eigenvalue weighted by Gasteiger charge is -2.26. The summed E-state index contributed by atoms with van der Waals surface area (Å²) in [5, 5.41) is 0. The van der Waals surface area contributed by atoms with E-state index in [1.54, 1.807) is 30.3 Å². The molecule has 5 atom stereocenters. The van der Waals surface area contributed by atoms with E-state index in [0.29, 0.717) is 36.0 Å². The molecule has 1 N–H and O–H groups in total. The molecule has 1 unspecified atom stereocenters. The number of hydrogen-bond donors (Lipinski definition) is 1. The quantitative estimate of drug-likeness (QED) is 0.590. The fraction of sp³-hybridized carbons (Fsp3) is 0.375. The topological polar surface area (TPSA) is 77.3 Å². The number of fused-ring (bicyclic) bond motifs is 4. The molecule has 0 bridgehead atoms. The molecule has 3 fully saturated rings. The highest BCUT2D eigenvalue weighted by atomic mass is 16.6. The Hall–Kier alpha value is -3.19. The summed E-state index contributed by atoms with van der Waals surface area (Å²) in [6, 6.07) is 13.8. The third kappa shape index (κ3) is 2.66. The van der Waals surface area contributed by atoms with E-state index < -0.39 is 17.9 Å². The zero-order valence-corrected chi connectivity index (χ0v) is 17.0. The molecule has 2 aromatic carbocycles. The SMILES string of the molecule is O=C(c1ccccc1)[C@@H]1[C@H]2C(=O)N(c3ccc4c(c3)OCCO4)C(=O)[C@@H]2[C@H]2CCC[NH+]21. The summed E-state index contributed by atoms with van der Waals surface area (Å²) in [5.74, 6) is -0.434. The lowest BCUT2D eigenvalue weighted by molar-refractivity contribution is -0.915. The summed E-state index contributed by atoms with van der Waals surface area (Å²) in [7, 11) is 0. The van der Waals surface area contributed by atoms with Gasteiger partial charge in [-0.15, -0.1) is 0 Å². The van der Waals surface area contributed by atoms with Crippen LogP contribution in [-0.2, 0) is 9.59 Å². The lowest BCUT2D eigenvalue weighted by atomic mass is 9.85. The Morgan fingerprint density at radius 1 is 0.935 bits per heavy atom. The average molecular weight is 419 g/mol. The molecular weight excluding hydrogens is 396 g/mol. The number of carbonyl (C=O) groups excluding carboxylic acids is 3. The normalized spacial score (nSPS) is 31.0. The summed E-state index contributed by atoms with van der Waals surface area (Å²) in [6.45, 7) is 1.73. The summed E-state index contributed by atoms with van der Waals surface area (Å²) >= 11 is 0. The van der Waals surface area contributed by atoms with Gasteiger partial charge in [-0.25, -0.2) is 4.90 Å². The first-order chi connectivity index (χ1) is 15.1. The van der Waals surface area contributed by atoms with Crippen LogP contribution in [0.1, 0.15) is 23.2 Å². The summed E-state index contributed by atoms with van der Waals surface area (Å²) < 4.78 is 11.2. The number of Topliss-reactive ketones (excluding diaryl/α,β-unsaturated/α-hetero) is 1. The molecule has 7 heteroatoms. The van der Waals surface area contributed by atoms with Crippen molar-refractivity contribution in [2.45, 2.75) is 24.9 Å². The van der Waals surface area contributed by atoms with Gasteiger partial charge < -0.3 is 14.4 Å². The van der Waals surface area contributed by atoms with Crippen LogP contribution in [0.2, 0.25) is 0 Å². The van der Waals surface area contributed by atoms with Crippen LogP contribution in [0.3, 0.4) is 0 Å². The predicted octanol–water partition coefficient (Wildman–Crippen LogP) is 0.876. The molecule has 0 aliphatic carbocycles. The van der Waals surface area contributed by atoms with Crippen molar-refractivity contribution in [3.8, 4) is 11.5 Å². The minimum Gasteiger partial charge on any atom is -0.486 e. The molecule has 3 saturated heterocycles. The number of hydrogen-bond acceptors (Lipinski definition) is 5. The van der Waals surface area contributed by atoms with E-state index in [0.717, 1.165) is 24.3 Å². The van der Waals surface area contributed by atoms with Crippen LogP contribution in [-0.4, -0.2) is 49.4 Å². The van der Waals surface area contributed by atoms with Crippen molar-refractivity contribution in [3.63, 3.8) is 0 Å². The Kier molecular flexibility index (Phi) is 4.14. The van der Waals surface area contributed by atoms with Crippen molar-refractivity contribution in [2.24, 2.45) is 11.8 Å². The highest BCUT2D eigenvalue weighted by molar-refractivity contribution is 6.24. The second-order valence-electron chi connectivity index (χ2n) is 8.67. The number of rotatable bonds is 3. The van der Waals surface area contributed by atoms with Crippen molar-refractivity contribution >= 4 is 23.3 Å². The summed E-state index contributed by atoms with van der Waals surface area (Å²) in [6.07, 6.45) is 1.83. The average Bonchev–Trinajstić information content (AvgIpc) is 3.45. The fourth-order valence-electron chi connectivity index (χ4n) is 5.95. The first kappa shape index (κ1) is 18.6. The third-order valence-electron chi connectivity index (χ3n) is 7.17. The zero-order chi connectivity index (χ0) is 21.1. The minimum atomic E-state index is -0.617. The van der Waals surface area contributed by atoms with Crippen LogP contribution in [0.25, 0.3) is 0 Å². The van der Waals surface area contributed by atoms with Crippen molar-refractivity contribution in [3.05, 3.63) is 54.1 Å². The largest absolute Gasteiger partial charge is 0.486 e. The number of benzene rings is 2. The molecule has 2 aromatic rings. The second kappa shape index (κ2) is 6.92. The number of anilines is 1. The van der Waals surface area contributed by atoms with E-state index in [2.05, 4.69) is 0 Å². The van der Waals surface area contributed by atoms with Gasteiger partial charge in [0.1, 0.15) is 31.1 Å². The molecule has 0 radical (unpaired) electrons. The summed E-state index contributed by atoms with van der Waals surface area (Å²) in [5.41, 5.74) is 1.09. The van der Waals surface area contributed by atoms with Crippen molar-refractivity contribution in [1.82, 2.24) is 0 Å². The van der Waals surface area contributed by atoms with Gasteiger partial charge in [0.15, 0.2) is 17.5 Å². The molecule has 4 aliphatic rings. The molecule has 0 saturated carbocycles. The van der Waals surface area contributed by atoms with E-state index in [-0.39, 0.29) is 23.6 Å². The van der Waals surface area contributed by atoms with Crippen LogP contribution in [0.15, 0.2) is 48.5 Å². The van der Waals surface area contributed by atoms with Gasteiger partial charge >= 0.3 is 0 Å². The maximum atomic E-state index is 13.6. The van der Waals surface area contributed by atoms with Gasteiger partial charge in [-0.2, -0.15) is 0 Å². The molecule has 158 valence electrons.